The molecule has 148 valence electrons. The standard InChI is InChI=1S/C21H17ClFN3O3/c1-13-17(20(22)26(25-13)16-9-7-15(23)8-10-16)11-12-18(27)29-19(21(24)28)14-5-3-2-4-6-14/h2-12,19H,1H3,(H2,24,28)/b12-11+/t19-/m0/s1. The quantitative estimate of drug-likeness (QED) is 0.492. The summed E-state index contributed by atoms with van der Waals surface area (Å²) < 4.78 is 19.7. The van der Waals surface area contributed by atoms with Gasteiger partial charge in [-0.2, -0.15) is 5.10 Å². The first kappa shape index (κ1) is 20.3. The van der Waals surface area contributed by atoms with Gasteiger partial charge in [-0.3, -0.25) is 4.79 Å². The van der Waals surface area contributed by atoms with Gasteiger partial charge >= 0.3 is 5.97 Å². The highest BCUT2D eigenvalue weighted by Gasteiger charge is 2.21. The summed E-state index contributed by atoms with van der Waals surface area (Å²) >= 11 is 6.37. The first-order chi connectivity index (χ1) is 13.9. The molecular formula is C21H17ClFN3O3. The molecule has 2 N–H and O–H groups in total. The predicted molar refractivity (Wildman–Crippen MR) is 107 cm³/mol. The van der Waals surface area contributed by atoms with Gasteiger partial charge in [0.2, 0.25) is 6.10 Å². The number of ether oxygens (including phenoxy) is 1. The van der Waals surface area contributed by atoms with Crippen LogP contribution in [0.1, 0.15) is 22.9 Å². The van der Waals surface area contributed by atoms with Crippen molar-refractivity contribution in [3.63, 3.8) is 0 Å². The molecule has 8 heteroatoms. The third-order valence-corrected chi connectivity index (χ3v) is 4.46. The smallest absolute Gasteiger partial charge is 0.331 e. The normalized spacial score (nSPS) is 12.1. The Morgan fingerprint density at radius 1 is 1.17 bits per heavy atom. The number of aromatic nitrogens is 2. The van der Waals surface area contributed by atoms with E-state index in [4.69, 9.17) is 22.1 Å². The molecular weight excluding hydrogens is 397 g/mol. The summed E-state index contributed by atoms with van der Waals surface area (Å²) in [4.78, 5) is 23.9. The Morgan fingerprint density at radius 2 is 1.83 bits per heavy atom. The van der Waals surface area contributed by atoms with Gasteiger partial charge in [0.05, 0.1) is 11.4 Å². The van der Waals surface area contributed by atoms with Crippen molar-refractivity contribution in [2.75, 3.05) is 0 Å². The summed E-state index contributed by atoms with van der Waals surface area (Å²) in [5.74, 6) is -1.92. The van der Waals surface area contributed by atoms with Gasteiger partial charge in [0, 0.05) is 17.2 Å². The van der Waals surface area contributed by atoms with E-state index in [1.54, 1.807) is 37.3 Å². The molecule has 0 aliphatic heterocycles. The minimum Gasteiger partial charge on any atom is -0.444 e. The largest absolute Gasteiger partial charge is 0.444 e. The number of aryl methyl sites for hydroxylation is 1. The second-order valence-corrected chi connectivity index (χ2v) is 6.50. The van der Waals surface area contributed by atoms with Gasteiger partial charge in [0.15, 0.2) is 0 Å². The summed E-state index contributed by atoms with van der Waals surface area (Å²) in [5, 5.41) is 4.55. The van der Waals surface area contributed by atoms with E-state index in [-0.39, 0.29) is 11.0 Å². The van der Waals surface area contributed by atoms with E-state index in [2.05, 4.69) is 5.10 Å². The summed E-state index contributed by atoms with van der Waals surface area (Å²) in [5.41, 5.74) is 7.43. The lowest BCUT2D eigenvalue weighted by Gasteiger charge is -2.13. The molecule has 0 unspecified atom stereocenters. The number of halogens is 2. The minimum absolute atomic E-state index is 0.243. The van der Waals surface area contributed by atoms with Gasteiger partial charge in [-0.05, 0) is 37.3 Å². The van der Waals surface area contributed by atoms with Gasteiger partial charge in [0.25, 0.3) is 5.91 Å². The zero-order valence-electron chi connectivity index (χ0n) is 15.4. The summed E-state index contributed by atoms with van der Waals surface area (Å²) in [6.45, 7) is 1.72. The molecule has 3 rings (SSSR count). The molecule has 2 aromatic carbocycles. The van der Waals surface area contributed by atoms with Crippen LogP contribution in [0.5, 0.6) is 0 Å². The van der Waals surface area contributed by atoms with Crippen molar-refractivity contribution < 1.29 is 18.7 Å². The van der Waals surface area contributed by atoms with E-state index < -0.39 is 18.0 Å². The highest BCUT2D eigenvalue weighted by molar-refractivity contribution is 6.31. The Morgan fingerprint density at radius 3 is 2.45 bits per heavy atom. The molecule has 0 aliphatic carbocycles. The van der Waals surface area contributed by atoms with Gasteiger partial charge < -0.3 is 10.5 Å². The Kier molecular flexibility index (Phi) is 6.09. The van der Waals surface area contributed by atoms with E-state index in [1.807, 2.05) is 0 Å². The second kappa shape index (κ2) is 8.70. The molecule has 0 radical (unpaired) electrons. The third-order valence-electron chi connectivity index (χ3n) is 4.10. The van der Waals surface area contributed by atoms with E-state index in [9.17, 15) is 14.0 Å². The van der Waals surface area contributed by atoms with Crippen molar-refractivity contribution >= 4 is 29.6 Å². The molecule has 6 nitrogen and oxygen atoms in total. The Labute approximate surface area is 171 Å². The van der Waals surface area contributed by atoms with E-state index >= 15 is 0 Å². The molecule has 0 bridgehead atoms. The number of amides is 1. The average Bonchev–Trinajstić information content (AvgIpc) is 2.99. The number of carbonyl (C=O) groups is 2. The molecule has 1 amide bonds. The molecule has 0 saturated carbocycles. The van der Waals surface area contributed by atoms with Gasteiger partial charge in [-0.1, -0.05) is 41.9 Å². The topological polar surface area (TPSA) is 87.2 Å². The molecule has 0 aliphatic rings. The summed E-state index contributed by atoms with van der Waals surface area (Å²) in [6.07, 6.45) is 1.38. The van der Waals surface area contributed by atoms with Crippen molar-refractivity contribution in [3.8, 4) is 5.69 Å². The SMILES string of the molecule is Cc1nn(-c2ccc(F)cc2)c(Cl)c1/C=C/C(=O)O[C@H](C(N)=O)c1ccccc1. The van der Waals surface area contributed by atoms with Gasteiger partial charge in [-0.15, -0.1) is 0 Å². The molecule has 3 aromatic rings. The van der Waals surface area contributed by atoms with Crippen LogP contribution in [-0.2, 0) is 14.3 Å². The van der Waals surface area contributed by atoms with Gasteiger partial charge in [-0.25, -0.2) is 13.9 Å². The lowest BCUT2D eigenvalue weighted by molar-refractivity contribution is -0.150. The van der Waals surface area contributed by atoms with Crippen LogP contribution in [-0.4, -0.2) is 21.7 Å². The van der Waals surface area contributed by atoms with Crippen molar-refractivity contribution in [2.24, 2.45) is 5.73 Å². The number of primary amides is 1. The molecule has 1 aromatic heterocycles. The van der Waals surface area contributed by atoms with Crippen LogP contribution in [0.2, 0.25) is 5.15 Å². The fraction of sp³-hybridized carbons (Fsp3) is 0.0952. The van der Waals surface area contributed by atoms with Gasteiger partial charge in [0.1, 0.15) is 11.0 Å². The number of hydrogen-bond acceptors (Lipinski definition) is 4. The number of esters is 1. The first-order valence-electron chi connectivity index (χ1n) is 8.61. The Hall–Kier alpha value is -3.45. The zero-order valence-corrected chi connectivity index (χ0v) is 16.1. The number of benzene rings is 2. The van der Waals surface area contributed by atoms with Crippen molar-refractivity contribution in [1.82, 2.24) is 9.78 Å². The van der Waals surface area contributed by atoms with E-state index in [0.29, 0.717) is 22.5 Å². The lowest BCUT2D eigenvalue weighted by Crippen LogP contribution is -2.25. The highest BCUT2D eigenvalue weighted by Crippen LogP contribution is 2.25. The van der Waals surface area contributed by atoms with E-state index in [0.717, 1.165) is 6.08 Å². The van der Waals surface area contributed by atoms with Crippen molar-refractivity contribution in [3.05, 3.63) is 88.5 Å². The summed E-state index contributed by atoms with van der Waals surface area (Å²) in [7, 11) is 0. The Bertz CT molecular complexity index is 1060. The molecule has 29 heavy (non-hydrogen) atoms. The number of nitrogens with zero attached hydrogens (tertiary/aromatic N) is 2. The summed E-state index contributed by atoms with van der Waals surface area (Å²) in [6, 6.07) is 14.1. The number of rotatable bonds is 6. The first-order valence-corrected chi connectivity index (χ1v) is 8.98. The molecule has 1 atom stereocenters. The van der Waals surface area contributed by atoms with Crippen molar-refractivity contribution in [1.29, 1.82) is 0 Å². The minimum atomic E-state index is -1.20. The fourth-order valence-electron chi connectivity index (χ4n) is 2.68. The molecule has 0 spiro atoms. The molecule has 0 saturated heterocycles. The van der Waals surface area contributed by atoms with Crippen LogP contribution in [0.3, 0.4) is 0 Å². The van der Waals surface area contributed by atoms with Crippen molar-refractivity contribution in [2.45, 2.75) is 13.0 Å². The molecule has 1 heterocycles. The highest BCUT2D eigenvalue weighted by atomic mass is 35.5. The predicted octanol–water partition coefficient (Wildman–Crippen LogP) is 3.76. The number of hydrogen-bond donors (Lipinski definition) is 1. The third kappa shape index (κ3) is 4.70. The van der Waals surface area contributed by atoms with Crippen LogP contribution >= 0.6 is 11.6 Å². The van der Waals surface area contributed by atoms with Crippen LogP contribution in [0, 0.1) is 12.7 Å². The van der Waals surface area contributed by atoms with Crippen LogP contribution in [0.4, 0.5) is 4.39 Å². The van der Waals surface area contributed by atoms with E-state index in [1.165, 1.54) is 35.0 Å². The fourth-order valence-corrected chi connectivity index (χ4v) is 3.01. The van der Waals surface area contributed by atoms with Crippen LogP contribution in [0.25, 0.3) is 11.8 Å². The van der Waals surface area contributed by atoms with Crippen LogP contribution < -0.4 is 5.73 Å². The average molecular weight is 414 g/mol. The zero-order chi connectivity index (χ0) is 21.0. The Balaban J connectivity index is 1.79. The lowest BCUT2D eigenvalue weighted by atomic mass is 10.1. The van der Waals surface area contributed by atoms with Crippen LogP contribution in [0.15, 0.2) is 60.7 Å². The molecule has 0 fully saturated rings. The second-order valence-electron chi connectivity index (χ2n) is 6.14. The number of carbonyl (C=O) groups excluding carboxylic acids is 2. The maximum absolute atomic E-state index is 13.1. The monoisotopic (exact) mass is 413 g/mol. The number of nitrogens with two attached hydrogens (primary N) is 1. The maximum Gasteiger partial charge on any atom is 0.331 e. The maximum atomic E-state index is 13.1.